The Bertz CT molecular complexity index is 448. The second-order valence-corrected chi connectivity index (χ2v) is 5.90. The first-order valence-corrected chi connectivity index (χ1v) is 6.85. The summed E-state index contributed by atoms with van der Waals surface area (Å²) in [6, 6.07) is 7.11. The van der Waals surface area contributed by atoms with Crippen molar-refractivity contribution in [2.45, 2.75) is 53.2 Å². The number of ketones is 1. The van der Waals surface area contributed by atoms with E-state index < -0.39 is 0 Å². The molecule has 18 heavy (non-hydrogen) atoms. The van der Waals surface area contributed by atoms with Crippen molar-refractivity contribution in [2.24, 2.45) is 5.92 Å². The molecule has 2 nitrogen and oxygen atoms in total. The van der Waals surface area contributed by atoms with Crippen LogP contribution in [0.4, 0.5) is 0 Å². The van der Waals surface area contributed by atoms with E-state index in [1.54, 1.807) is 0 Å². The molecule has 0 atom stereocenters. The Balaban J connectivity index is 2.11. The monoisotopic (exact) mass is 245 g/mol. The van der Waals surface area contributed by atoms with Crippen molar-refractivity contribution >= 4 is 5.78 Å². The SMILES string of the molecule is CC(C)C(=O)Cc1ccc2c(c1)CN(C(C)C)C2. The third-order valence-corrected chi connectivity index (χ3v) is 3.77. The number of nitrogens with zero attached hydrogens (tertiary/aromatic N) is 1. The molecule has 98 valence electrons. The molecule has 0 aromatic heterocycles. The predicted octanol–water partition coefficient (Wildman–Crippen LogP) is 3.18. The van der Waals surface area contributed by atoms with Gasteiger partial charge in [0, 0.05) is 31.5 Å². The van der Waals surface area contributed by atoms with Crippen molar-refractivity contribution in [3.8, 4) is 0 Å². The molecule has 1 aliphatic rings. The third-order valence-electron chi connectivity index (χ3n) is 3.77. The summed E-state index contributed by atoms with van der Waals surface area (Å²) in [6.45, 7) is 10.5. The first-order chi connectivity index (χ1) is 8.47. The van der Waals surface area contributed by atoms with Crippen molar-refractivity contribution < 1.29 is 4.79 Å². The topological polar surface area (TPSA) is 20.3 Å². The second-order valence-electron chi connectivity index (χ2n) is 5.90. The number of Topliss-reactive ketones (excluding diaryl/α,β-unsaturated/α-hetero) is 1. The number of benzene rings is 1. The van der Waals surface area contributed by atoms with Gasteiger partial charge in [0.25, 0.3) is 0 Å². The maximum Gasteiger partial charge on any atom is 0.139 e. The molecule has 1 aliphatic heterocycles. The van der Waals surface area contributed by atoms with Crippen LogP contribution in [0.15, 0.2) is 18.2 Å². The van der Waals surface area contributed by atoms with Crippen molar-refractivity contribution in [3.63, 3.8) is 0 Å². The molecule has 0 aliphatic carbocycles. The maximum atomic E-state index is 11.8. The highest BCUT2D eigenvalue weighted by atomic mass is 16.1. The van der Waals surface area contributed by atoms with Crippen LogP contribution in [0.3, 0.4) is 0 Å². The number of fused-ring (bicyclic) bond motifs is 1. The van der Waals surface area contributed by atoms with Crippen LogP contribution in [0.1, 0.15) is 44.4 Å². The van der Waals surface area contributed by atoms with E-state index in [0.29, 0.717) is 18.2 Å². The summed E-state index contributed by atoms with van der Waals surface area (Å²) in [5, 5.41) is 0. The first-order valence-electron chi connectivity index (χ1n) is 6.85. The van der Waals surface area contributed by atoms with E-state index in [9.17, 15) is 4.79 Å². The van der Waals surface area contributed by atoms with Crippen molar-refractivity contribution in [2.75, 3.05) is 0 Å². The smallest absolute Gasteiger partial charge is 0.139 e. The normalized spacial score (nSPS) is 15.4. The zero-order valence-electron chi connectivity index (χ0n) is 11.9. The van der Waals surface area contributed by atoms with Crippen LogP contribution in [-0.2, 0) is 24.3 Å². The highest BCUT2D eigenvalue weighted by Crippen LogP contribution is 2.25. The Kier molecular flexibility index (Phi) is 3.86. The number of carbonyl (C=O) groups excluding carboxylic acids is 1. The van der Waals surface area contributed by atoms with Crippen molar-refractivity contribution in [1.82, 2.24) is 4.90 Å². The molecule has 2 rings (SSSR count). The molecule has 0 N–H and O–H groups in total. The van der Waals surface area contributed by atoms with Crippen LogP contribution in [-0.4, -0.2) is 16.7 Å². The molecule has 0 amide bonds. The average Bonchev–Trinajstić information content (AvgIpc) is 2.71. The summed E-state index contributed by atoms with van der Waals surface area (Å²) in [7, 11) is 0. The van der Waals surface area contributed by atoms with Gasteiger partial charge in [0.15, 0.2) is 0 Å². The van der Waals surface area contributed by atoms with Gasteiger partial charge in [0.05, 0.1) is 0 Å². The minimum atomic E-state index is 0.130. The predicted molar refractivity (Wildman–Crippen MR) is 74.4 cm³/mol. The Labute approximate surface area is 110 Å². The second kappa shape index (κ2) is 5.23. The first kappa shape index (κ1) is 13.3. The minimum absolute atomic E-state index is 0.130. The van der Waals surface area contributed by atoms with E-state index in [-0.39, 0.29) is 5.92 Å². The molecule has 2 heteroatoms. The molecule has 1 aromatic rings. The van der Waals surface area contributed by atoms with E-state index in [1.165, 1.54) is 11.1 Å². The van der Waals surface area contributed by atoms with E-state index in [4.69, 9.17) is 0 Å². The Morgan fingerprint density at radius 3 is 2.44 bits per heavy atom. The van der Waals surface area contributed by atoms with Gasteiger partial charge in [-0.05, 0) is 30.5 Å². The fraction of sp³-hybridized carbons (Fsp3) is 0.562. The number of hydrogen-bond donors (Lipinski definition) is 0. The fourth-order valence-corrected chi connectivity index (χ4v) is 2.35. The van der Waals surface area contributed by atoms with Gasteiger partial charge in [-0.1, -0.05) is 32.0 Å². The Hall–Kier alpha value is -1.15. The average molecular weight is 245 g/mol. The van der Waals surface area contributed by atoms with Crippen molar-refractivity contribution in [1.29, 1.82) is 0 Å². The third kappa shape index (κ3) is 2.81. The van der Waals surface area contributed by atoms with Crippen molar-refractivity contribution in [3.05, 3.63) is 34.9 Å². The van der Waals surface area contributed by atoms with Gasteiger partial charge >= 0.3 is 0 Å². The molecule has 0 saturated carbocycles. The zero-order chi connectivity index (χ0) is 13.3. The lowest BCUT2D eigenvalue weighted by Gasteiger charge is -2.18. The van der Waals surface area contributed by atoms with E-state index in [1.807, 2.05) is 13.8 Å². The maximum absolute atomic E-state index is 11.8. The van der Waals surface area contributed by atoms with Gasteiger partial charge in [-0.15, -0.1) is 0 Å². The zero-order valence-corrected chi connectivity index (χ0v) is 11.9. The van der Waals surface area contributed by atoms with Gasteiger partial charge in [-0.2, -0.15) is 0 Å². The standard InChI is InChI=1S/C16H23NO/c1-11(2)16(18)8-13-5-6-14-9-17(12(3)4)10-15(14)7-13/h5-7,11-12H,8-10H2,1-4H3. The lowest BCUT2D eigenvalue weighted by Crippen LogP contribution is -2.24. The van der Waals surface area contributed by atoms with Crippen LogP contribution >= 0.6 is 0 Å². The van der Waals surface area contributed by atoms with Gasteiger partial charge in [-0.3, -0.25) is 9.69 Å². The van der Waals surface area contributed by atoms with Crippen LogP contribution in [0.5, 0.6) is 0 Å². The Morgan fingerprint density at radius 2 is 1.83 bits per heavy atom. The molecule has 1 aromatic carbocycles. The number of hydrogen-bond acceptors (Lipinski definition) is 2. The summed E-state index contributed by atoms with van der Waals surface area (Å²) in [6.07, 6.45) is 0.576. The molecule has 0 spiro atoms. The number of carbonyl (C=O) groups is 1. The van der Waals surface area contributed by atoms with Crippen LogP contribution < -0.4 is 0 Å². The summed E-state index contributed by atoms with van der Waals surface area (Å²) in [5.74, 6) is 0.457. The largest absolute Gasteiger partial charge is 0.299 e. The highest BCUT2D eigenvalue weighted by Gasteiger charge is 2.21. The molecule has 0 fully saturated rings. The minimum Gasteiger partial charge on any atom is -0.299 e. The molecule has 0 bridgehead atoms. The lowest BCUT2D eigenvalue weighted by atomic mass is 9.98. The van der Waals surface area contributed by atoms with Gasteiger partial charge in [0.1, 0.15) is 5.78 Å². The quantitative estimate of drug-likeness (QED) is 0.812. The fourth-order valence-electron chi connectivity index (χ4n) is 2.35. The van der Waals surface area contributed by atoms with Crippen LogP contribution in [0.2, 0.25) is 0 Å². The Morgan fingerprint density at radius 1 is 1.17 bits per heavy atom. The van der Waals surface area contributed by atoms with E-state index >= 15 is 0 Å². The van der Waals surface area contributed by atoms with E-state index in [2.05, 4.69) is 36.9 Å². The molecular formula is C16H23NO. The van der Waals surface area contributed by atoms with Gasteiger partial charge < -0.3 is 0 Å². The molecule has 0 saturated heterocycles. The summed E-state index contributed by atoms with van der Waals surface area (Å²) in [4.78, 5) is 14.2. The van der Waals surface area contributed by atoms with Gasteiger partial charge in [0.2, 0.25) is 0 Å². The van der Waals surface area contributed by atoms with Crippen LogP contribution in [0, 0.1) is 5.92 Å². The summed E-state index contributed by atoms with van der Waals surface area (Å²) in [5.41, 5.74) is 3.99. The lowest BCUT2D eigenvalue weighted by molar-refractivity contribution is -0.121. The van der Waals surface area contributed by atoms with E-state index in [0.717, 1.165) is 18.7 Å². The number of rotatable bonds is 4. The molecule has 1 heterocycles. The van der Waals surface area contributed by atoms with Crippen LogP contribution in [0.25, 0.3) is 0 Å². The summed E-state index contributed by atoms with van der Waals surface area (Å²) >= 11 is 0. The summed E-state index contributed by atoms with van der Waals surface area (Å²) < 4.78 is 0. The van der Waals surface area contributed by atoms with Gasteiger partial charge in [-0.25, -0.2) is 0 Å². The molecular weight excluding hydrogens is 222 g/mol. The molecule has 0 radical (unpaired) electrons. The highest BCUT2D eigenvalue weighted by molar-refractivity contribution is 5.82. The molecule has 0 unspecified atom stereocenters.